The minimum absolute atomic E-state index is 0. The van der Waals surface area contributed by atoms with Crippen LogP contribution >= 0.6 is 85.5 Å². The number of hydrogen-bond acceptors (Lipinski definition) is 11. The number of ether oxygens (including phenoxy) is 2. The molecule has 0 bridgehead atoms. The van der Waals surface area contributed by atoms with Gasteiger partial charge in [-0.15, -0.1) is 0 Å². The summed E-state index contributed by atoms with van der Waals surface area (Å²) in [5, 5.41) is 9.99. The van der Waals surface area contributed by atoms with Crippen LogP contribution in [0.15, 0.2) is 78.6 Å². The van der Waals surface area contributed by atoms with Gasteiger partial charge in [0.15, 0.2) is 0 Å². The van der Waals surface area contributed by atoms with E-state index in [2.05, 4.69) is 55.3 Å². The number of esters is 2. The Labute approximate surface area is 412 Å². The third-order valence-corrected chi connectivity index (χ3v) is 11.0. The van der Waals surface area contributed by atoms with Crippen LogP contribution < -0.4 is 24.3 Å². The number of aromatic amines is 3. The van der Waals surface area contributed by atoms with Crippen LogP contribution in [0.2, 0.25) is 30.1 Å². The predicted octanol–water partition coefficient (Wildman–Crippen LogP) is 6.51. The van der Waals surface area contributed by atoms with Crippen molar-refractivity contribution in [3.63, 3.8) is 0 Å². The molecule has 0 spiro atoms. The normalized spacial score (nSPS) is 12.8. The van der Waals surface area contributed by atoms with Gasteiger partial charge in [-0.3, -0.25) is 0 Å². The van der Waals surface area contributed by atoms with Crippen LogP contribution in [0, 0.1) is 0 Å². The molecule has 63 heavy (non-hydrogen) atoms. The van der Waals surface area contributed by atoms with Gasteiger partial charge in [-0.2, -0.15) is 0 Å². The molecule has 1 aliphatic rings. The van der Waals surface area contributed by atoms with Gasteiger partial charge in [-0.05, 0) is 85.5 Å². The van der Waals surface area contributed by atoms with Crippen molar-refractivity contribution in [2.75, 3.05) is 14.2 Å². The molecule has 6 aromatic rings. The second kappa shape index (κ2) is 25.2. The van der Waals surface area contributed by atoms with E-state index in [4.69, 9.17) is 84.0 Å². The molecule has 332 valence electrons. The smallest absolute Gasteiger partial charge is 0.870 e. The van der Waals surface area contributed by atoms with E-state index in [0.29, 0.717) is 11.0 Å². The molecule has 0 radical (unpaired) electrons. The monoisotopic (exact) mass is 1040 g/mol. The molecule has 7 N–H and O–H groups in total. The zero-order valence-corrected chi connectivity index (χ0v) is 40.4. The van der Waals surface area contributed by atoms with Gasteiger partial charge in [0.1, 0.15) is 4.60 Å². The summed E-state index contributed by atoms with van der Waals surface area (Å²) >= 11 is 39.1. The number of rotatable bonds is 6. The van der Waals surface area contributed by atoms with Crippen molar-refractivity contribution in [1.29, 1.82) is 0 Å². The summed E-state index contributed by atoms with van der Waals surface area (Å²) in [6.45, 7) is 7.83. The van der Waals surface area contributed by atoms with Crippen molar-refractivity contribution >= 4 is 116 Å². The number of carbonyl (C=O) groups excluding carboxylic acids is 2. The zero-order chi connectivity index (χ0) is 44.5. The number of nitrogens with one attached hydrogen (secondary N) is 3. The first-order chi connectivity index (χ1) is 28.2. The van der Waals surface area contributed by atoms with Gasteiger partial charge >= 0.3 is 43.9 Å². The van der Waals surface area contributed by atoms with E-state index in [9.17, 15) is 14.4 Å². The predicted molar refractivity (Wildman–Crippen MR) is 242 cm³/mol. The maximum absolute atomic E-state index is 11.6. The number of nitrogens with zero attached hydrogens (tertiary/aromatic N) is 3. The average molecular weight is 1050 g/mol. The van der Waals surface area contributed by atoms with Crippen LogP contribution in [0.1, 0.15) is 58.8 Å². The summed E-state index contributed by atoms with van der Waals surface area (Å²) in [6.07, 6.45) is 9.61. The molecule has 0 unspecified atom stereocenters. The zero-order valence-electron chi connectivity index (χ0n) is 34.2. The Kier molecular flexibility index (Phi) is 23.0. The van der Waals surface area contributed by atoms with E-state index < -0.39 is 36.2 Å². The molecule has 0 amide bonds. The van der Waals surface area contributed by atoms with Crippen molar-refractivity contribution in [3.05, 3.63) is 125 Å². The molecule has 16 nitrogen and oxygen atoms in total. The summed E-state index contributed by atoms with van der Waals surface area (Å²) in [7, 11) is 1.96. The number of carbonyl (C=O) groups is 3. The maximum atomic E-state index is 11.6. The molecule has 1 saturated heterocycles. The van der Waals surface area contributed by atoms with E-state index in [1.54, 1.807) is 55.5 Å². The van der Waals surface area contributed by atoms with Crippen molar-refractivity contribution in [3.8, 4) is 22.5 Å². The molecular weight excluding hydrogens is 1010 g/mol. The fourth-order valence-electron chi connectivity index (χ4n) is 5.03. The quantitative estimate of drug-likeness (QED) is 0.103. The van der Waals surface area contributed by atoms with Crippen LogP contribution in [-0.2, 0) is 18.8 Å². The Morgan fingerprint density at radius 3 is 1.24 bits per heavy atom. The van der Waals surface area contributed by atoms with Crippen LogP contribution in [0.5, 0.6) is 0 Å². The van der Waals surface area contributed by atoms with E-state index >= 15 is 0 Å². The van der Waals surface area contributed by atoms with E-state index in [-0.39, 0.29) is 76.6 Å². The van der Waals surface area contributed by atoms with Crippen LogP contribution in [0.25, 0.3) is 22.5 Å². The Bertz CT molecular complexity index is 2370. The first kappa shape index (κ1) is 57.4. The maximum Gasteiger partial charge on any atom is 1.00 e. The second-order valence-corrected chi connectivity index (χ2v) is 16.5. The number of benzene rings is 3. The number of hydrogen-bond donors (Lipinski definition) is 4. The summed E-state index contributed by atoms with van der Waals surface area (Å²) in [4.78, 5) is 54.0. The van der Waals surface area contributed by atoms with Crippen molar-refractivity contribution in [1.82, 2.24) is 29.9 Å². The summed E-state index contributed by atoms with van der Waals surface area (Å²) in [5.74, 6) is -2.28. The topological polar surface area (TPSA) is 256 Å². The average Bonchev–Trinajstić information content (AvgIpc) is 4.01. The number of methoxy groups -OCH3 is 2. The number of halogens is 7. The SMILES string of the molecule is Brc1cnc[nH]1.COC(=O)c1c(Cl)cc(-c2cnc[nH]2)cc1Cl.COC(=O)c1c(Cl)cc(B2OC(C)(C)C(C)(C)O2)cc1Cl.O.O=C(O)c1c(Cl)cc(-c2cnc[nH]2)cc1Cl.[Li+].[OH-]. The van der Waals surface area contributed by atoms with Gasteiger partial charge in [0.2, 0.25) is 0 Å². The standard InChI is InChI=1S/C14H17BCl2O4.C11H8Cl2N2O2.C10H6Cl2N2O2.C3H3BrN2.Li.2H2O/c1-13(2)14(3,4)21-15(20-13)8-6-9(16)11(10(17)7-8)12(18)19-5;1-17-11(16)10-7(12)2-6(3-8(10)13)9-4-14-5-15-9;11-6-1-5(8-3-13-4-14-8)2-7(12)9(6)10(15)16;4-3-1-5-2-6-3;;;/h6-7H,1-5H3;2-5H,1H3,(H,14,15);1-4H,(H,13,14)(H,15,16);1-2H,(H,5,6);;2*1H2/q;;;;+1;;/p-1. The van der Waals surface area contributed by atoms with Gasteiger partial charge in [0.05, 0.1) is 121 Å². The molecule has 0 atom stereocenters. The Morgan fingerprint density at radius 1 is 0.635 bits per heavy atom. The first-order valence-corrected chi connectivity index (χ1v) is 20.1. The van der Waals surface area contributed by atoms with Gasteiger partial charge in [0.25, 0.3) is 0 Å². The van der Waals surface area contributed by atoms with E-state index in [1.807, 2.05) is 27.7 Å². The number of H-pyrrole nitrogens is 3. The molecule has 4 heterocycles. The third-order valence-electron chi connectivity index (χ3n) is 8.75. The number of aromatic nitrogens is 6. The fourth-order valence-corrected chi connectivity index (χ4v) is 7.20. The first-order valence-electron chi connectivity index (χ1n) is 17.0. The largest absolute Gasteiger partial charge is 1.00 e. The Morgan fingerprint density at radius 2 is 0.968 bits per heavy atom. The molecule has 0 saturated carbocycles. The van der Waals surface area contributed by atoms with Crippen LogP contribution in [0.3, 0.4) is 0 Å². The molecule has 0 aliphatic carbocycles. The number of aromatic carboxylic acids is 1. The van der Waals surface area contributed by atoms with Crippen molar-refractivity contribution in [2.45, 2.75) is 38.9 Å². The summed E-state index contributed by atoms with van der Waals surface area (Å²) < 4.78 is 22.0. The molecule has 3 aromatic carbocycles. The van der Waals surface area contributed by atoms with Gasteiger partial charge in [-0.25, -0.2) is 29.3 Å². The number of carboxylic acid groups (broad SMARTS) is 1. The summed E-state index contributed by atoms with van der Waals surface area (Å²) in [5.41, 5.74) is 2.90. The van der Waals surface area contributed by atoms with Crippen LogP contribution in [0.4, 0.5) is 0 Å². The molecule has 7 rings (SSSR count). The molecule has 3 aromatic heterocycles. The molecule has 1 fully saturated rings. The van der Waals surface area contributed by atoms with E-state index in [1.165, 1.54) is 32.7 Å². The molecular formula is C38H37BBrCl6LiN6O10. The fraction of sp³-hybridized carbons (Fsp3) is 0.211. The van der Waals surface area contributed by atoms with Crippen LogP contribution in [-0.4, -0.2) is 96.4 Å². The minimum Gasteiger partial charge on any atom is -0.870 e. The Hall–Kier alpha value is -3.58. The van der Waals surface area contributed by atoms with Crippen molar-refractivity contribution in [2.24, 2.45) is 0 Å². The summed E-state index contributed by atoms with van der Waals surface area (Å²) in [6, 6.07) is 9.55. The van der Waals surface area contributed by atoms with Gasteiger partial charge < -0.3 is 49.8 Å². The third kappa shape index (κ3) is 14.7. The molecule has 1 aliphatic heterocycles. The number of imidazole rings is 3. The number of carboxylic acids is 1. The minimum atomic E-state index is -1.15. The second-order valence-electron chi connectivity index (χ2n) is 13.2. The van der Waals surface area contributed by atoms with Gasteiger partial charge in [-0.1, -0.05) is 69.6 Å². The molecule has 25 heteroatoms. The Balaban J connectivity index is 0.000000435. The van der Waals surface area contributed by atoms with Crippen molar-refractivity contribution < 1.29 is 68.1 Å². The van der Waals surface area contributed by atoms with Gasteiger partial charge in [0, 0.05) is 11.1 Å². The van der Waals surface area contributed by atoms with E-state index in [0.717, 1.165) is 21.6 Å².